The first-order valence-electron chi connectivity index (χ1n) is 4.57. The van der Waals surface area contributed by atoms with Crippen molar-refractivity contribution in [3.63, 3.8) is 0 Å². The largest absolute Gasteiger partial charge is 0.397 e. The highest BCUT2D eigenvalue weighted by atomic mass is 14.9. The van der Waals surface area contributed by atoms with Crippen LogP contribution in [0.5, 0.6) is 0 Å². The molecular formula is C10H18N2. The Bertz CT molecular complexity index is 250. The van der Waals surface area contributed by atoms with Crippen LogP contribution in [0.1, 0.15) is 38.3 Å². The Morgan fingerprint density at radius 2 is 2.25 bits per heavy atom. The number of anilines is 1. The molecule has 2 N–H and O–H groups in total. The van der Waals surface area contributed by atoms with E-state index in [-0.39, 0.29) is 0 Å². The molecule has 1 aromatic rings. The number of nitrogen functional groups attached to an aromatic ring is 1. The molecule has 0 spiro atoms. The van der Waals surface area contributed by atoms with Crippen LogP contribution in [0.3, 0.4) is 0 Å². The lowest BCUT2D eigenvalue weighted by atomic mass is 10.0. The summed E-state index contributed by atoms with van der Waals surface area (Å²) in [7, 11) is 2.05. The van der Waals surface area contributed by atoms with Gasteiger partial charge in [0.25, 0.3) is 0 Å². The van der Waals surface area contributed by atoms with Crippen LogP contribution in [-0.2, 0) is 7.05 Å². The van der Waals surface area contributed by atoms with E-state index in [1.54, 1.807) is 0 Å². The number of hydrogen-bond donors (Lipinski definition) is 1. The van der Waals surface area contributed by atoms with Crippen molar-refractivity contribution in [2.45, 2.75) is 32.6 Å². The minimum atomic E-state index is 0.622. The predicted molar refractivity (Wildman–Crippen MR) is 53.1 cm³/mol. The molecule has 0 aliphatic heterocycles. The second-order valence-electron chi connectivity index (χ2n) is 3.50. The molecule has 1 aromatic heterocycles. The van der Waals surface area contributed by atoms with Crippen molar-refractivity contribution in [3.8, 4) is 0 Å². The van der Waals surface area contributed by atoms with Crippen molar-refractivity contribution >= 4 is 5.69 Å². The fourth-order valence-electron chi connectivity index (χ4n) is 1.68. The standard InChI is InChI=1S/C10H18N2/c1-4-5-8(2)10-6-9(11)7-12(10)3/h6-8H,4-5,11H2,1-3H3. The van der Waals surface area contributed by atoms with Gasteiger partial charge in [0, 0.05) is 24.6 Å². The van der Waals surface area contributed by atoms with Gasteiger partial charge in [-0.3, -0.25) is 0 Å². The molecule has 0 radical (unpaired) electrons. The number of nitrogens with zero attached hydrogens (tertiary/aromatic N) is 1. The van der Waals surface area contributed by atoms with E-state index in [4.69, 9.17) is 5.73 Å². The van der Waals surface area contributed by atoms with Gasteiger partial charge in [-0.1, -0.05) is 20.3 Å². The van der Waals surface area contributed by atoms with Gasteiger partial charge >= 0.3 is 0 Å². The van der Waals surface area contributed by atoms with E-state index >= 15 is 0 Å². The van der Waals surface area contributed by atoms with Gasteiger partial charge in [0.2, 0.25) is 0 Å². The molecule has 0 fully saturated rings. The number of aryl methyl sites for hydroxylation is 1. The molecule has 0 bridgehead atoms. The first-order chi connectivity index (χ1) is 5.65. The van der Waals surface area contributed by atoms with E-state index in [1.165, 1.54) is 18.5 Å². The van der Waals surface area contributed by atoms with Crippen molar-refractivity contribution in [1.82, 2.24) is 4.57 Å². The molecule has 12 heavy (non-hydrogen) atoms. The van der Waals surface area contributed by atoms with Gasteiger partial charge in [-0.15, -0.1) is 0 Å². The predicted octanol–water partition coefficient (Wildman–Crippen LogP) is 2.51. The van der Waals surface area contributed by atoms with Gasteiger partial charge in [-0.05, 0) is 18.4 Å². The molecule has 0 amide bonds. The minimum Gasteiger partial charge on any atom is -0.397 e. The highest BCUT2D eigenvalue weighted by Gasteiger charge is 2.08. The van der Waals surface area contributed by atoms with Crippen LogP contribution in [-0.4, -0.2) is 4.57 Å². The van der Waals surface area contributed by atoms with Gasteiger partial charge in [-0.25, -0.2) is 0 Å². The molecule has 0 aromatic carbocycles. The Hall–Kier alpha value is -0.920. The first-order valence-corrected chi connectivity index (χ1v) is 4.57. The van der Waals surface area contributed by atoms with Crippen molar-refractivity contribution in [3.05, 3.63) is 18.0 Å². The Morgan fingerprint density at radius 3 is 2.67 bits per heavy atom. The summed E-state index contributed by atoms with van der Waals surface area (Å²) in [4.78, 5) is 0. The third-order valence-electron chi connectivity index (χ3n) is 2.29. The molecule has 1 heterocycles. The second-order valence-corrected chi connectivity index (χ2v) is 3.50. The zero-order chi connectivity index (χ0) is 9.14. The first kappa shape index (κ1) is 9.17. The Labute approximate surface area is 74.4 Å². The normalized spacial score (nSPS) is 13.2. The highest BCUT2D eigenvalue weighted by molar-refractivity contribution is 5.39. The fourth-order valence-corrected chi connectivity index (χ4v) is 1.68. The summed E-state index contributed by atoms with van der Waals surface area (Å²) in [6.45, 7) is 4.46. The minimum absolute atomic E-state index is 0.622. The van der Waals surface area contributed by atoms with Crippen LogP contribution in [0, 0.1) is 0 Å². The molecule has 0 saturated heterocycles. The summed E-state index contributed by atoms with van der Waals surface area (Å²) >= 11 is 0. The lowest BCUT2D eigenvalue weighted by Gasteiger charge is -2.10. The monoisotopic (exact) mass is 166 g/mol. The third kappa shape index (κ3) is 1.81. The molecule has 1 atom stereocenters. The van der Waals surface area contributed by atoms with Gasteiger partial charge in [-0.2, -0.15) is 0 Å². The molecule has 1 rings (SSSR count). The Kier molecular flexibility index (Phi) is 2.79. The maximum Gasteiger partial charge on any atom is 0.0496 e. The number of nitrogens with two attached hydrogens (primary N) is 1. The maximum atomic E-state index is 5.69. The van der Waals surface area contributed by atoms with Gasteiger partial charge in [0.1, 0.15) is 0 Å². The lowest BCUT2D eigenvalue weighted by Crippen LogP contribution is -1.99. The topological polar surface area (TPSA) is 30.9 Å². The SMILES string of the molecule is CCCC(C)c1cc(N)cn1C. The van der Waals surface area contributed by atoms with Crippen LogP contribution >= 0.6 is 0 Å². The van der Waals surface area contributed by atoms with Crippen LogP contribution in [0.25, 0.3) is 0 Å². The van der Waals surface area contributed by atoms with Crippen LogP contribution in [0.15, 0.2) is 12.3 Å². The third-order valence-corrected chi connectivity index (χ3v) is 2.29. The van der Waals surface area contributed by atoms with Crippen molar-refractivity contribution < 1.29 is 0 Å². The molecule has 2 nitrogen and oxygen atoms in total. The number of aromatic nitrogens is 1. The van der Waals surface area contributed by atoms with Crippen molar-refractivity contribution in [2.24, 2.45) is 7.05 Å². The van der Waals surface area contributed by atoms with E-state index in [0.717, 1.165) is 5.69 Å². The molecule has 68 valence electrons. The summed E-state index contributed by atoms with van der Waals surface area (Å²) in [5, 5.41) is 0. The van der Waals surface area contributed by atoms with E-state index < -0.39 is 0 Å². The second kappa shape index (κ2) is 3.65. The lowest BCUT2D eigenvalue weighted by molar-refractivity contribution is 0.620. The summed E-state index contributed by atoms with van der Waals surface area (Å²) in [5.41, 5.74) is 7.91. The maximum absolute atomic E-state index is 5.69. The van der Waals surface area contributed by atoms with Gasteiger partial charge in [0.15, 0.2) is 0 Å². The van der Waals surface area contributed by atoms with E-state index in [0.29, 0.717) is 5.92 Å². The molecule has 0 saturated carbocycles. The van der Waals surface area contributed by atoms with Gasteiger partial charge in [0.05, 0.1) is 0 Å². The van der Waals surface area contributed by atoms with Crippen LogP contribution in [0.4, 0.5) is 5.69 Å². The average Bonchev–Trinajstić information content (AvgIpc) is 2.30. The fraction of sp³-hybridized carbons (Fsp3) is 0.600. The zero-order valence-corrected chi connectivity index (χ0v) is 8.17. The molecule has 2 heteroatoms. The van der Waals surface area contributed by atoms with Crippen LogP contribution < -0.4 is 5.73 Å². The summed E-state index contributed by atoms with van der Waals surface area (Å²) in [5.74, 6) is 0.622. The molecule has 0 aliphatic carbocycles. The smallest absolute Gasteiger partial charge is 0.0496 e. The molecule has 1 unspecified atom stereocenters. The summed E-state index contributed by atoms with van der Waals surface area (Å²) < 4.78 is 2.12. The number of hydrogen-bond acceptors (Lipinski definition) is 1. The van der Waals surface area contributed by atoms with Crippen LogP contribution in [0.2, 0.25) is 0 Å². The average molecular weight is 166 g/mol. The molecular weight excluding hydrogens is 148 g/mol. The van der Waals surface area contributed by atoms with E-state index in [9.17, 15) is 0 Å². The van der Waals surface area contributed by atoms with E-state index in [1.807, 2.05) is 6.20 Å². The summed E-state index contributed by atoms with van der Waals surface area (Å²) in [6.07, 6.45) is 4.44. The van der Waals surface area contributed by atoms with E-state index in [2.05, 4.69) is 31.5 Å². The quantitative estimate of drug-likeness (QED) is 0.735. The Balaban J connectivity index is 2.79. The highest BCUT2D eigenvalue weighted by Crippen LogP contribution is 2.22. The van der Waals surface area contributed by atoms with Crippen molar-refractivity contribution in [1.29, 1.82) is 0 Å². The number of rotatable bonds is 3. The van der Waals surface area contributed by atoms with Gasteiger partial charge < -0.3 is 10.3 Å². The molecule has 0 aliphatic rings. The summed E-state index contributed by atoms with van der Waals surface area (Å²) in [6, 6.07) is 2.07. The zero-order valence-electron chi connectivity index (χ0n) is 8.17. The Morgan fingerprint density at radius 1 is 1.58 bits per heavy atom. The van der Waals surface area contributed by atoms with Crippen molar-refractivity contribution in [2.75, 3.05) is 5.73 Å².